The molecule has 0 aliphatic carbocycles. The van der Waals surface area contributed by atoms with Crippen LogP contribution in [0.3, 0.4) is 0 Å². The van der Waals surface area contributed by atoms with Crippen molar-refractivity contribution in [2.75, 3.05) is 19.8 Å². The number of hydrogen-bond acceptors (Lipinski definition) is 3. The monoisotopic (exact) mass is 328 g/mol. The Morgan fingerprint density at radius 1 is 1.38 bits per heavy atom. The van der Waals surface area contributed by atoms with Crippen LogP contribution in [0, 0.1) is 0 Å². The quantitative estimate of drug-likeness (QED) is 0.916. The normalized spacial score (nSPS) is 17.7. The lowest BCUT2D eigenvalue weighted by atomic mass is 10.2. The van der Waals surface area contributed by atoms with Crippen molar-refractivity contribution in [1.82, 2.24) is 19.8 Å². The van der Waals surface area contributed by atoms with E-state index in [2.05, 4.69) is 33.9 Å². The summed E-state index contributed by atoms with van der Waals surface area (Å²) in [5.41, 5.74) is 1.21. The maximum atomic E-state index is 12.5. The maximum absolute atomic E-state index is 12.5. The minimum absolute atomic E-state index is 0.0422. The fraction of sp³-hybridized carbons (Fsp3) is 0.444. The van der Waals surface area contributed by atoms with Crippen molar-refractivity contribution >= 4 is 6.03 Å². The number of imidazole rings is 1. The van der Waals surface area contributed by atoms with E-state index in [0.29, 0.717) is 26.3 Å². The SMILES string of the molecule is CC[C@@H]1COCCN1C(=O)NCc1nccn1Cc1ccccc1. The molecule has 0 spiro atoms. The Morgan fingerprint density at radius 3 is 3.00 bits per heavy atom. The number of aromatic nitrogens is 2. The van der Waals surface area contributed by atoms with Gasteiger partial charge in [0, 0.05) is 25.5 Å². The Balaban J connectivity index is 1.59. The summed E-state index contributed by atoms with van der Waals surface area (Å²) in [4.78, 5) is 18.7. The molecule has 128 valence electrons. The van der Waals surface area contributed by atoms with E-state index in [4.69, 9.17) is 4.74 Å². The summed E-state index contributed by atoms with van der Waals surface area (Å²) >= 11 is 0. The zero-order chi connectivity index (χ0) is 16.8. The van der Waals surface area contributed by atoms with Crippen LogP contribution in [-0.2, 0) is 17.8 Å². The molecule has 1 aliphatic rings. The van der Waals surface area contributed by atoms with E-state index in [-0.39, 0.29) is 12.1 Å². The number of nitrogens with zero attached hydrogens (tertiary/aromatic N) is 3. The average Bonchev–Trinajstić information content (AvgIpc) is 3.07. The standard InChI is InChI=1S/C18H24N4O2/c1-2-16-14-24-11-10-22(16)18(23)20-12-17-19-8-9-21(17)13-15-6-4-3-5-7-15/h3-9,16H,2,10-14H2,1H3,(H,20,23)/t16-/m1/s1. The Bertz CT molecular complexity index is 656. The summed E-state index contributed by atoms with van der Waals surface area (Å²) in [5.74, 6) is 0.855. The highest BCUT2D eigenvalue weighted by Gasteiger charge is 2.25. The minimum atomic E-state index is -0.0422. The molecule has 1 N–H and O–H groups in total. The van der Waals surface area contributed by atoms with Gasteiger partial charge in [0.1, 0.15) is 5.82 Å². The third kappa shape index (κ3) is 3.94. The van der Waals surface area contributed by atoms with Crippen LogP contribution in [0.4, 0.5) is 4.79 Å². The maximum Gasteiger partial charge on any atom is 0.318 e. The van der Waals surface area contributed by atoms with Crippen molar-refractivity contribution in [3.05, 3.63) is 54.1 Å². The Kier molecular flexibility index (Phi) is 5.48. The molecule has 1 aromatic heterocycles. The molecule has 2 aromatic rings. The molecule has 2 amide bonds. The Morgan fingerprint density at radius 2 is 2.21 bits per heavy atom. The second kappa shape index (κ2) is 7.97. The number of ether oxygens (including phenoxy) is 1. The third-order valence-electron chi connectivity index (χ3n) is 4.35. The van der Waals surface area contributed by atoms with E-state index < -0.39 is 0 Å². The molecule has 24 heavy (non-hydrogen) atoms. The van der Waals surface area contributed by atoms with Crippen LogP contribution in [0.1, 0.15) is 24.7 Å². The summed E-state index contributed by atoms with van der Waals surface area (Å²) in [6.07, 6.45) is 4.61. The van der Waals surface area contributed by atoms with Crippen LogP contribution in [0.25, 0.3) is 0 Å². The Hall–Kier alpha value is -2.34. The fourth-order valence-corrected chi connectivity index (χ4v) is 2.95. The smallest absolute Gasteiger partial charge is 0.318 e. The molecule has 0 radical (unpaired) electrons. The molecule has 0 bridgehead atoms. The van der Waals surface area contributed by atoms with Gasteiger partial charge in [-0.05, 0) is 12.0 Å². The molecule has 1 atom stereocenters. The van der Waals surface area contributed by atoms with Crippen LogP contribution in [0.2, 0.25) is 0 Å². The van der Waals surface area contributed by atoms with Crippen LogP contribution in [-0.4, -0.2) is 46.3 Å². The van der Waals surface area contributed by atoms with Gasteiger partial charge >= 0.3 is 6.03 Å². The van der Waals surface area contributed by atoms with Gasteiger partial charge in [0.05, 0.1) is 25.8 Å². The first-order valence-corrected chi connectivity index (χ1v) is 8.44. The van der Waals surface area contributed by atoms with Crippen molar-refractivity contribution in [3.8, 4) is 0 Å². The van der Waals surface area contributed by atoms with Crippen molar-refractivity contribution in [2.24, 2.45) is 0 Å². The largest absolute Gasteiger partial charge is 0.377 e. The van der Waals surface area contributed by atoms with Gasteiger partial charge in [0.15, 0.2) is 0 Å². The van der Waals surface area contributed by atoms with Crippen LogP contribution < -0.4 is 5.32 Å². The topological polar surface area (TPSA) is 59.4 Å². The van der Waals surface area contributed by atoms with Gasteiger partial charge in [-0.3, -0.25) is 0 Å². The van der Waals surface area contributed by atoms with E-state index in [9.17, 15) is 4.79 Å². The van der Waals surface area contributed by atoms with Gasteiger partial charge in [-0.1, -0.05) is 37.3 Å². The number of hydrogen-bond donors (Lipinski definition) is 1. The van der Waals surface area contributed by atoms with Gasteiger partial charge < -0.3 is 19.5 Å². The lowest BCUT2D eigenvalue weighted by Gasteiger charge is -2.35. The van der Waals surface area contributed by atoms with E-state index in [1.807, 2.05) is 29.3 Å². The van der Waals surface area contributed by atoms with Crippen molar-refractivity contribution < 1.29 is 9.53 Å². The zero-order valence-corrected chi connectivity index (χ0v) is 14.0. The van der Waals surface area contributed by atoms with Crippen LogP contribution in [0.5, 0.6) is 0 Å². The zero-order valence-electron chi connectivity index (χ0n) is 14.0. The fourth-order valence-electron chi connectivity index (χ4n) is 2.95. The van der Waals surface area contributed by atoms with Crippen molar-refractivity contribution in [2.45, 2.75) is 32.5 Å². The summed E-state index contributed by atoms with van der Waals surface area (Å²) in [6.45, 7) is 5.11. The molecule has 3 rings (SSSR count). The second-order valence-corrected chi connectivity index (χ2v) is 5.95. The van der Waals surface area contributed by atoms with E-state index in [1.54, 1.807) is 6.20 Å². The average molecular weight is 328 g/mol. The number of morpholine rings is 1. The summed E-state index contributed by atoms with van der Waals surface area (Å²) in [7, 11) is 0. The summed E-state index contributed by atoms with van der Waals surface area (Å²) < 4.78 is 7.51. The number of urea groups is 1. The molecule has 1 saturated heterocycles. The summed E-state index contributed by atoms with van der Waals surface area (Å²) in [6, 6.07) is 10.3. The highest BCUT2D eigenvalue weighted by molar-refractivity contribution is 5.74. The molecule has 0 unspecified atom stereocenters. The first kappa shape index (κ1) is 16.5. The number of nitrogens with one attached hydrogen (secondary N) is 1. The predicted molar refractivity (Wildman–Crippen MR) is 91.6 cm³/mol. The first-order chi connectivity index (χ1) is 11.8. The third-order valence-corrected chi connectivity index (χ3v) is 4.35. The van der Waals surface area contributed by atoms with Crippen LogP contribution >= 0.6 is 0 Å². The van der Waals surface area contributed by atoms with Gasteiger partial charge in [-0.2, -0.15) is 0 Å². The molecule has 1 aliphatic heterocycles. The minimum Gasteiger partial charge on any atom is -0.377 e. The molecule has 2 heterocycles. The van der Waals surface area contributed by atoms with E-state index in [0.717, 1.165) is 18.8 Å². The van der Waals surface area contributed by atoms with Crippen LogP contribution in [0.15, 0.2) is 42.7 Å². The first-order valence-electron chi connectivity index (χ1n) is 8.44. The molecule has 1 fully saturated rings. The van der Waals surface area contributed by atoms with Gasteiger partial charge in [0.25, 0.3) is 0 Å². The molecule has 6 heteroatoms. The van der Waals surface area contributed by atoms with Gasteiger partial charge in [-0.15, -0.1) is 0 Å². The molecule has 6 nitrogen and oxygen atoms in total. The second-order valence-electron chi connectivity index (χ2n) is 5.95. The molecule has 0 saturated carbocycles. The van der Waals surface area contributed by atoms with E-state index in [1.165, 1.54) is 5.56 Å². The number of carbonyl (C=O) groups excluding carboxylic acids is 1. The highest BCUT2D eigenvalue weighted by atomic mass is 16.5. The number of amides is 2. The number of rotatable bonds is 5. The summed E-state index contributed by atoms with van der Waals surface area (Å²) in [5, 5.41) is 2.99. The number of benzene rings is 1. The number of carbonyl (C=O) groups is 1. The lowest BCUT2D eigenvalue weighted by Crippen LogP contribution is -2.52. The predicted octanol–water partition coefficient (Wildman–Crippen LogP) is 2.25. The molecular weight excluding hydrogens is 304 g/mol. The lowest BCUT2D eigenvalue weighted by molar-refractivity contribution is 0.0112. The molecular formula is C18H24N4O2. The Labute approximate surface area is 142 Å². The van der Waals surface area contributed by atoms with Crippen molar-refractivity contribution in [1.29, 1.82) is 0 Å². The molecule has 1 aromatic carbocycles. The highest BCUT2D eigenvalue weighted by Crippen LogP contribution is 2.11. The van der Waals surface area contributed by atoms with Gasteiger partial charge in [-0.25, -0.2) is 9.78 Å². The van der Waals surface area contributed by atoms with Crippen molar-refractivity contribution in [3.63, 3.8) is 0 Å². The van der Waals surface area contributed by atoms with E-state index >= 15 is 0 Å². The van der Waals surface area contributed by atoms with Gasteiger partial charge in [0.2, 0.25) is 0 Å².